The predicted octanol–water partition coefficient (Wildman–Crippen LogP) is 3.61. The number of hydrogen-bond donors (Lipinski definition) is 0. The van der Waals surface area contributed by atoms with E-state index in [1.165, 1.54) is 13.2 Å². The summed E-state index contributed by atoms with van der Waals surface area (Å²) in [6.07, 6.45) is 5.07. The van der Waals surface area contributed by atoms with Gasteiger partial charge in [0.15, 0.2) is 0 Å². The van der Waals surface area contributed by atoms with Crippen LogP contribution in [0.4, 0.5) is 0 Å². The van der Waals surface area contributed by atoms with E-state index in [1.807, 2.05) is 37.3 Å². The van der Waals surface area contributed by atoms with Crippen LogP contribution in [0.15, 0.2) is 36.4 Å². The van der Waals surface area contributed by atoms with Gasteiger partial charge in [-0.05, 0) is 25.0 Å². The maximum absolute atomic E-state index is 11.9. The molecule has 0 spiro atoms. The minimum atomic E-state index is -0.507. The fourth-order valence-electron chi connectivity index (χ4n) is 2.15. The molecule has 2 atom stereocenters. The van der Waals surface area contributed by atoms with Crippen molar-refractivity contribution in [1.29, 1.82) is 0 Å². The van der Waals surface area contributed by atoms with Gasteiger partial charge in [-0.25, -0.2) is 4.79 Å². The highest BCUT2D eigenvalue weighted by molar-refractivity contribution is 5.87. The molecule has 0 bridgehead atoms. The van der Waals surface area contributed by atoms with Crippen molar-refractivity contribution in [2.24, 2.45) is 5.92 Å². The molecule has 1 aromatic rings. The van der Waals surface area contributed by atoms with Crippen molar-refractivity contribution < 1.29 is 19.1 Å². The first-order valence-corrected chi connectivity index (χ1v) is 7.60. The standard InChI is InChI=1S/C18H24O4/c1-4-5-11-16(18(20)21-3)14(2)22-17(19)13-12-15-9-7-6-8-10-15/h6-10,12-14,16H,4-5,11H2,1-3H3. The number of carbonyl (C=O) groups is 2. The third-order valence-electron chi connectivity index (χ3n) is 3.45. The summed E-state index contributed by atoms with van der Waals surface area (Å²) in [6, 6.07) is 9.49. The molecule has 4 nitrogen and oxygen atoms in total. The largest absolute Gasteiger partial charge is 0.469 e. The summed E-state index contributed by atoms with van der Waals surface area (Å²) in [5.41, 5.74) is 0.919. The fourth-order valence-corrected chi connectivity index (χ4v) is 2.15. The van der Waals surface area contributed by atoms with E-state index in [1.54, 1.807) is 13.0 Å². The van der Waals surface area contributed by atoms with Crippen LogP contribution in [-0.2, 0) is 19.1 Å². The van der Waals surface area contributed by atoms with Gasteiger partial charge >= 0.3 is 11.9 Å². The van der Waals surface area contributed by atoms with Gasteiger partial charge in [-0.3, -0.25) is 4.79 Å². The number of hydrogen-bond acceptors (Lipinski definition) is 4. The average molecular weight is 304 g/mol. The lowest BCUT2D eigenvalue weighted by Gasteiger charge is -2.21. The van der Waals surface area contributed by atoms with Crippen molar-refractivity contribution in [2.45, 2.75) is 39.2 Å². The lowest BCUT2D eigenvalue weighted by atomic mass is 9.97. The summed E-state index contributed by atoms with van der Waals surface area (Å²) in [5.74, 6) is -1.21. The Labute approximate surface area is 132 Å². The Hall–Kier alpha value is -2.10. The first-order chi connectivity index (χ1) is 10.6. The summed E-state index contributed by atoms with van der Waals surface area (Å²) in [5, 5.41) is 0. The number of unbranched alkanes of at least 4 members (excludes halogenated alkanes) is 1. The number of benzene rings is 1. The normalized spacial score (nSPS) is 13.6. The predicted molar refractivity (Wildman–Crippen MR) is 86.1 cm³/mol. The highest BCUT2D eigenvalue weighted by atomic mass is 16.6. The van der Waals surface area contributed by atoms with Crippen LogP contribution in [0, 0.1) is 5.92 Å². The first kappa shape index (κ1) is 18.0. The average Bonchev–Trinajstić information content (AvgIpc) is 2.54. The van der Waals surface area contributed by atoms with Crippen LogP contribution in [-0.4, -0.2) is 25.2 Å². The molecule has 0 aliphatic heterocycles. The Bertz CT molecular complexity index is 493. The van der Waals surface area contributed by atoms with Gasteiger partial charge in [0.25, 0.3) is 0 Å². The molecule has 2 unspecified atom stereocenters. The summed E-state index contributed by atoms with van der Waals surface area (Å²) in [4.78, 5) is 23.6. The van der Waals surface area contributed by atoms with Gasteiger partial charge in [0.05, 0.1) is 13.0 Å². The highest BCUT2D eigenvalue weighted by Crippen LogP contribution is 2.18. The van der Waals surface area contributed by atoms with E-state index in [0.717, 1.165) is 18.4 Å². The maximum Gasteiger partial charge on any atom is 0.331 e. The SMILES string of the molecule is CCCCC(C(=O)OC)C(C)OC(=O)C=Cc1ccccc1. The van der Waals surface area contributed by atoms with Crippen LogP contribution in [0.2, 0.25) is 0 Å². The first-order valence-electron chi connectivity index (χ1n) is 7.60. The van der Waals surface area contributed by atoms with Crippen molar-refractivity contribution in [2.75, 3.05) is 7.11 Å². The van der Waals surface area contributed by atoms with Crippen molar-refractivity contribution >= 4 is 18.0 Å². The lowest BCUT2D eigenvalue weighted by molar-refractivity contribution is -0.156. The topological polar surface area (TPSA) is 52.6 Å². The molecule has 1 rings (SSSR count). The van der Waals surface area contributed by atoms with E-state index >= 15 is 0 Å². The van der Waals surface area contributed by atoms with Gasteiger partial charge in [0.2, 0.25) is 0 Å². The second-order valence-electron chi connectivity index (χ2n) is 5.16. The molecule has 1 aromatic carbocycles. The molecule has 0 aromatic heterocycles. The van der Waals surface area contributed by atoms with Crippen molar-refractivity contribution in [1.82, 2.24) is 0 Å². The molecular formula is C18H24O4. The number of ether oxygens (including phenoxy) is 2. The van der Waals surface area contributed by atoms with E-state index in [-0.39, 0.29) is 5.97 Å². The Balaban J connectivity index is 2.60. The molecule has 0 amide bonds. The zero-order valence-corrected chi connectivity index (χ0v) is 13.5. The maximum atomic E-state index is 11.9. The summed E-state index contributed by atoms with van der Waals surface area (Å²) < 4.78 is 10.1. The fraction of sp³-hybridized carbons (Fsp3) is 0.444. The van der Waals surface area contributed by atoms with Crippen LogP contribution in [0.1, 0.15) is 38.7 Å². The third kappa shape index (κ3) is 6.12. The molecule has 4 heteroatoms. The van der Waals surface area contributed by atoms with E-state index < -0.39 is 18.0 Å². The zero-order valence-electron chi connectivity index (χ0n) is 13.5. The summed E-state index contributed by atoms with van der Waals surface area (Å²) in [6.45, 7) is 3.78. The van der Waals surface area contributed by atoms with Crippen molar-refractivity contribution in [3.63, 3.8) is 0 Å². The molecule has 0 N–H and O–H groups in total. The molecule has 0 saturated heterocycles. The van der Waals surface area contributed by atoms with Gasteiger partial charge in [-0.1, -0.05) is 50.1 Å². The lowest BCUT2D eigenvalue weighted by Crippen LogP contribution is -2.31. The number of esters is 2. The molecule has 120 valence electrons. The summed E-state index contributed by atoms with van der Waals surface area (Å²) >= 11 is 0. The minimum Gasteiger partial charge on any atom is -0.469 e. The molecule has 0 aliphatic rings. The van der Waals surface area contributed by atoms with E-state index in [9.17, 15) is 9.59 Å². The molecule has 0 aliphatic carbocycles. The van der Waals surface area contributed by atoms with Crippen LogP contribution < -0.4 is 0 Å². The zero-order chi connectivity index (χ0) is 16.4. The molecule has 0 fully saturated rings. The molecule has 0 radical (unpaired) electrons. The van der Waals surface area contributed by atoms with Gasteiger partial charge in [0, 0.05) is 6.08 Å². The van der Waals surface area contributed by atoms with Gasteiger partial charge in [0.1, 0.15) is 6.10 Å². The molecular weight excluding hydrogens is 280 g/mol. The second-order valence-corrected chi connectivity index (χ2v) is 5.16. The van der Waals surface area contributed by atoms with Crippen LogP contribution >= 0.6 is 0 Å². The number of methoxy groups -OCH3 is 1. The van der Waals surface area contributed by atoms with E-state index in [0.29, 0.717) is 6.42 Å². The monoisotopic (exact) mass is 304 g/mol. The molecule has 22 heavy (non-hydrogen) atoms. The number of rotatable bonds is 8. The second kappa shape index (κ2) is 9.77. The van der Waals surface area contributed by atoms with Crippen LogP contribution in [0.5, 0.6) is 0 Å². The smallest absolute Gasteiger partial charge is 0.331 e. The van der Waals surface area contributed by atoms with Crippen LogP contribution in [0.3, 0.4) is 0 Å². The van der Waals surface area contributed by atoms with Crippen LogP contribution in [0.25, 0.3) is 6.08 Å². The Morgan fingerprint density at radius 1 is 1.23 bits per heavy atom. The van der Waals surface area contributed by atoms with Gasteiger partial charge in [-0.15, -0.1) is 0 Å². The Morgan fingerprint density at radius 3 is 2.50 bits per heavy atom. The molecule has 0 saturated carbocycles. The van der Waals surface area contributed by atoms with E-state index in [2.05, 4.69) is 0 Å². The van der Waals surface area contributed by atoms with Crippen molar-refractivity contribution in [3.8, 4) is 0 Å². The van der Waals surface area contributed by atoms with Gasteiger partial charge < -0.3 is 9.47 Å². The highest BCUT2D eigenvalue weighted by Gasteiger charge is 2.27. The third-order valence-corrected chi connectivity index (χ3v) is 3.45. The van der Waals surface area contributed by atoms with Crippen molar-refractivity contribution in [3.05, 3.63) is 42.0 Å². The van der Waals surface area contributed by atoms with Gasteiger partial charge in [-0.2, -0.15) is 0 Å². The molecule has 0 heterocycles. The quantitative estimate of drug-likeness (QED) is 0.544. The number of carbonyl (C=O) groups excluding carboxylic acids is 2. The minimum absolute atomic E-state index is 0.333. The van der Waals surface area contributed by atoms with E-state index in [4.69, 9.17) is 9.47 Å². The Kier molecular flexibility index (Phi) is 7.97. The summed E-state index contributed by atoms with van der Waals surface area (Å²) in [7, 11) is 1.35. The Morgan fingerprint density at radius 2 is 1.91 bits per heavy atom.